The first-order chi connectivity index (χ1) is 14.0. The van der Waals surface area contributed by atoms with Gasteiger partial charge in [0.2, 0.25) is 5.91 Å². The standard InChI is InChI=1S/C23H32N4OS/c1-18(19-7-11-21(12-8-19)27(2)3)25-15-5-4-6-16-26-23(28)17-29-22-13-9-20(24)10-14-22/h7-14,25H,1,4-6,15-17,24H2,2-3H3,(H,26,28). The van der Waals surface area contributed by atoms with Crippen LogP contribution in [0.25, 0.3) is 5.70 Å². The van der Waals surface area contributed by atoms with Crippen LogP contribution >= 0.6 is 11.8 Å². The molecule has 2 aromatic carbocycles. The minimum atomic E-state index is 0.0690. The second-order valence-electron chi connectivity index (χ2n) is 7.11. The minimum Gasteiger partial charge on any atom is -0.399 e. The second kappa shape index (κ2) is 12.1. The first-order valence-electron chi connectivity index (χ1n) is 9.91. The normalized spacial score (nSPS) is 10.4. The van der Waals surface area contributed by atoms with Gasteiger partial charge in [0.15, 0.2) is 0 Å². The summed E-state index contributed by atoms with van der Waals surface area (Å²) in [6, 6.07) is 15.9. The molecular formula is C23H32N4OS. The maximum absolute atomic E-state index is 11.9. The number of hydrogen-bond acceptors (Lipinski definition) is 5. The van der Waals surface area contributed by atoms with E-state index < -0.39 is 0 Å². The molecule has 0 fully saturated rings. The number of nitrogens with two attached hydrogens (primary N) is 1. The third-order valence-corrected chi connectivity index (χ3v) is 5.51. The van der Waals surface area contributed by atoms with Crippen molar-refractivity contribution in [2.24, 2.45) is 0 Å². The average molecular weight is 413 g/mol. The number of nitrogens with one attached hydrogen (secondary N) is 2. The zero-order valence-electron chi connectivity index (χ0n) is 17.4. The fourth-order valence-corrected chi connectivity index (χ4v) is 3.45. The number of hydrogen-bond donors (Lipinski definition) is 3. The van der Waals surface area contributed by atoms with E-state index in [9.17, 15) is 4.79 Å². The molecule has 2 aromatic rings. The molecule has 0 saturated carbocycles. The molecule has 4 N–H and O–H groups in total. The van der Waals surface area contributed by atoms with Crippen molar-refractivity contribution in [1.29, 1.82) is 0 Å². The molecule has 0 aromatic heterocycles. The summed E-state index contributed by atoms with van der Waals surface area (Å²) in [6.45, 7) is 5.72. The number of anilines is 2. The Balaban J connectivity index is 1.51. The number of nitrogen functional groups attached to an aromatic ring is 1. The number of carbonyl (C=O) groups is 1. The second-order valence-corrected chi connectivity index (χ2v) is 8.16. The smallest absolute Gasteiger partial charge is 0.230 e. The molecule has 0 saturated heterocycles. The summed E-state index contributed by atoms with van der Waals surface area (Å²) in [4.78, 5) is 15.0. The predicted molar refractivity (Wildman–Crippen MR) is 126 cm³/mol. The van der Waals surface area contributed by atoms with Crippen molar-refractivity contribution in [2.45, 2.75) is 24.2 Å². The Morgan fingerprint density at radius 3 is 2.21 bits per heavy atom. The van der Waals surface area contributed by atoms with Crippen molar-refractivity contribution >= 4 is 34.7 Å². The maximum atomic E-state index is 11.9. The monoisotopic (exact) mass is 412 g/mol. The molecular weight excluding hydrogens is 380 g/mol. The lowest BCUT2D eigenvalue weighted by atomic mass is 10.1. The molecule has 6 heteroatoms. The van der Waals surface area contributed by atoms with Crippen LogP contribution in [0.4, 0.5) is 11.4 Å². The number of thioether (sulfide) groups is 1. The summed E-state index contributed by atoms with van der Waals surface area (Å²) in [5.41, 5.74) is 9.63. The first-order valence-corrected chi connectivity index (χ1v) is 10.9. The van der Waals surface area contributed by atoms with Gasteiger partial charge in [-0.2, -0.15) is 0 Å². The molecule has 29 heavy (non-hydrogen) atoms. The van der Waals surface area contributed by atoms with E-state index in [1.165, 1.54) is 17.4 Å². The Bertz CT molecular complexity index is 772. The van der Waals surface area contributed by atoms with Crippen LogP contribution in [-0.4, -0.2) is 38.8 Å². The molecule has 2 rings (SSSR count). The van der Waals surface area contributed by atoms with Crippen LogP contribution in [-0.2, 0) is 4.79 Å². The van der Waals surface area contributed by atoms with Gasteiger partial charge in [0.05, 0.1) is 5.75 Å². The molecule has 1 amide bonds. The summed E-state index contributed by atoms with van der Waals surface area (Å²) in [7, 11) is 4.06. The van der Waals surface area contributed by atoms with Gasteiger partial charge in [-0.1, -0.05) is 18.7 Å². The third kappa shape index (κ3) is 8.52. The van der Waals surface area contributed by atoms with Crippen molar-refractivity contribution < 1.29 is 4.79 Å². The number of rotatable bonds is 12. The molecule has 0 atom stereocenters. The predicted octanol–water partition coefficient (Wildman–Crippen LogP) is 3.97. The van der Waals surface area contributed by atoms with Gasteiger partial charge in [-0.05, 0) is 61.2 Å². The topological polar surface area (TPSA) is 70.4 Å². The number of nitrogens with zero attached hydrogens (tertiary/aromatic N) is 1. The van der Waals surface area contributed by atoms with Gasteiger partial charge in [0.25, 0.3) is 0 Å². The van der Waals surface area contributed by atoms with Crippen molar-refractivity contribution in [3.8, 4) is 0 Å². The summed E-state index contributed by atoms with van der Waals surface area (Å²) in [5, 5.41) is 6.36. The molecule has 0 spiro atoms. The van der Waals surface area contributed by atoms with Crippen LogP contribution in [0.3, 0.4) is 0 Å². The third-order valence-electron chi connectivity index (χ3n) is 4.50. The molecule has 0 aliphatic rings. The van der Waals surface area contributed by atoms with E-state index >= 15 is 0 Å². The number of unbranched alkanes of at least 4 members (excludes halogenated alkanes) is 2. The van der Waals surface area contributed by atoms with Crippen LogP contribution in [0.2, 0.25) is 0 Å². The number of amides is 1. The van der Waals surface area contributed by atoms with E-state index in [1.807, 2.05) is 38.4 Å². The first kappa shape index (κ1) is 22.7. The van der Waals surface area contributed by atoms with Crippen LogP contribution in [0, 0.1) is 0 Å². The van der Waals surface area contributed by atoms with Crippen molar-refractivity contribution in [3.63, 3.8) is 0 Å². The quantitative estimate of drug-likeness (QED) is 0.279. The minimum absolute atomic E-state index is 0.0690. The summed E-state index contributed by atoms with van der Waals surface area (Å²) < 4.78 is 0. The lowest BCUT2D eigenvalue weighted by Gasteiger charge is -2.14. The lowest BCUT2D eigenvalue weighted by molar-refractivity contribution is -0.118. The highest BCUT2D eigenvalue weighted by atomic mass is 32.2. The Morgan fingerprint density at radius 1 is 0.966 bits per heavy atom. The Hall–Kier alpha value is -2.60. The van der Waals surface area contributed by atoms with Gasteiger partial charge in [-0.15, -0.1) is 11.8 Å². The van der Waals surface area contributed by atoms with E-state index in [1.54, 1.807) is 0 Å². The zero-order chi connectivity index (χ0) is 21.1. The Labute approximate surface area is 178 Å². The fraction of sp³-hybridized carbons (Fsp3) is 0.348. The van der Waals surface area contributed by atoms with E-state index in [0.717, 1.165) is 47.7 Å². The van der Waals surface area contributed by atoms with Crippen LogP contribution < -0.4 is 21.3 Å². The van der Waals surface area contributed by atoms with E-state index in [2.05, 4.69) is 46.4 Å². The molecule has 0 aliphatic carbocycles. The Morgan fingerprint density at radius 2 is 1.59 bits per heavy atom. The summed E-state index contributed by atoms with van der Waals surface area (Å²) in [6.07, 6.45) is 3.08. The van der Waals surface area contributed by atoms with E-state index in [4.69, 9.17) is 5.73 Å². The Kier molecular flexibility index (Phi) is 9.44. The van der Waals surface area contributed by atoms with Crippen molar-refractivity contribution in [2.75, 3.05) is 43.6 Å². The van der Waals surface area contributed by atoms with Crippen LogP contribution in [0.15, 0.2) is 60.0 Å². The molecule has 0 aliphatic heterocycles. The van der Waals surface area contributed by atoms with Crippen molar-refractivity contribution in [3.05, 3.63) is 60.7 Å². The number of carbonyl (C=O) groups excluding carboxylic acids is 1. The van der Waals surface area contributed by atoms with Gasteiger partial charge >= 0.3 is 0 Å². The maximum Gasteiger partial charge on any atom is 0.230 e. The fourth-order valence-electron chi connectivity index (χ4n) is 2.72. The number of benzene rings is 2. The average Bonchev–Trinajstić information content (AvgIpc) is 2.72. The SMILES string of the molecule is C=C(NCCCCCNC(=O)CSc1ccc(N)cc1)c1ccc(N(C)C)cc1. The van der Waals surface area contributed by atoms with Gasteiger partial charge in [0, 0.05) is 49.2 Å². The highest BCUT2D eigenvalue weighted by molar-refractivity contribution is 8.00. The molecule has 156 valence electrons. The van der Waals surface area contributed by atoms with Crippen LogP contribution in [0.5, 0.6) is 0 Å². The van der Waals surface area contributed by atoms with E-state index in [0.29, 0.717) is 12.3 Å². The summed E-state index contributed by atoms with van der Waals surface area (Å²) >= 11 is 1.52. The molecule has 0 heterocycles. The highest BCUT2D eigenvalue weighted by Crippen LogP contribution is 2.19. The van der Waals surface area contributed by atoms with Crippen LogP contribution in [0.1, 0.15) is 24.8 Å². The van der Waals surface area contributed by atoms with Gasteiger partial charge < -0.3 is 21.3 Å². The van der Waals surface area contributed by atoms with E-state index in [-0.39, 0.29) is 5.91 Å². The summed E-state index contributed by atoms with van der Waals surface area (Å²) in [5.74, 6) is 0.497. The molecule has 5 nitrogen and oxygen atoms in total. The van der Waals surface area contributed by atoms with Gasteiger partial charge in [0.1, 0.15) is 0 Å². The largest absolute Gasteiger partial charge is 0.399 e. The zero-order valence-corrected chi connectivity index (χ0v) is 18.2. The molecule has 0 radical (unpaired) electrons. The van der Waals surface area contributed by atoms with Gasteiger partial charge in [-0.3, -0.25) is 4.79 Å². The molecule has 0 unspecified atom stereocenters. The van der Waals surface area contributed by atoms with Crippen molar-refractivity contribution in [1.82, 2.24) is 10.6 Å². The van der Waals surface area contributed by atoms with Gasteiger partial charge in [-0.25, -0.2) is 0 Å². The lowest BCUT2D eigenvalue weighted by Crippen LogP contribution is -2.26. The highest BCUT2D eigenvalue weighted by Gasteiger charge is 2.03. The molecule has 0 bridgehead atoms.